The van der Waals surface area contributed by atoms with Crippen LogP contribution in [-0.4, -0.2) is 80.4 Å². The van der Waals surface area contributed by atoms with Gasteiger partial charge >= 0.3 is 0 Å². The van der Waals surface area contributed by atoms with Crippen molar-refractivity contribution in [3.8, 4) is 0 Å². The third kappa shape index (κ3) is 4.78. The van der Waals surface area contributed by atoms with Crippen molar-refractivity contribution in [1.82, 2.24) is 19.1 Å². The predicted octanol–water partition coefficient (Wildman–Crippen LogP) is 2.14. The lowest BCUT2D eigenvalue weighted by atomic mass is 10.00. The van der Waals surface area contributed by atoms with Crippen LogP contribution < -0.4 is 5.32 Å². The van der Waals surface area contributed by atoms with Crippen LogP contribution in [-0.2, 0) is 23.0 Å². The van der Waals surface area contributed by atoms with Crippen molar-refractivity contribution in [2.24, 2.45) is 0 Å². The van der Waals surface area contributed by atoms with Crippen LogP contribution in [0.25, 0.3) is 0 Å². The van der Waals surface area contributed by atoms with E-state index in [1.54, 1.807) is 12.1 Å². The molecule has 4 rings (SSSR count). The van der Waals surface area contributed by atoms with Crippen LogP contribution in [0.2, 0.25) is 5.02 Å². The number of nitrogens with one attached hydrogen (secondary N) is 1. The fourth-order valence-electron chi connectivity index (χ4n) is 3.97. The molecule has 30 heavy (non-hydrogen) atoms. The highest BCUT2D eigenvalue weighted by Gasteiger charge is 2.27. The summed E-state index contributed by atoms with van der Waals surface area (Å²) in [6.45, 7) is 6.04. The SMILES string of the molecule is CN1CCN(S(=O)(=O)c2ccc(NCCN3CCc4c(Cl)cccc4C3)nc2)CC1. The molecule has 2 aliphatic heterocycles. The largest absolute Gasteiger partial charge is 0.369 e. The minimum atomic E-state index is -3.47. The van der Waals surface area contributed by atoms with Crippen molar-refractivity contribution in [3.05, 3.63) is 52.7 Å². The van der Waals surface area contributed by atoms with Gasteiger partial charge in [0, 0.05) is 63.6 Å². The third-order valence-electron chi connectivity index (χ3n) is 5.86. The second kappa shape index (κ2) is 9.20. The maximum atomic E-state index is 12.8. The Bertz CT molecular complexity index is 975. The zero-order valence-electron chi connectivity index (χ0n) is 17.2. The number of anilines is 1. The summed E-state index contributed by atoms with van der Waals surface area (Å²) in [4.78, 5) is 9.09. The molecule has 9 heteroatoms. The molecule has 2 aromatic rings. The molecule has 1 aromatic carbocycles. The first-order valence-corrected chi connectivity index (χ1v) is 12.1. The zero-order chi connectivity index (χ0) is 21.1. The smallest absolute Gasteiger partial charge is 0.244 e. The summed E-state index contributed by atoms with van der Waals surface area (Å²) in [6.07, 6.45) is 2.42. The van der Waals surface area contributed by atoms with Crippen LogP contribution in [0.5, 0.6) is 0 Å². The van der Waals surface area contributed by atoms with Crippen molar-refractivity contribution in [3.63, 3.8) is 0 Å². The monoisotopic (exact) mass is 449 g/mol. The van der Waals surface area contributed by atoms with E-state index in [2.05, 4.69) is 26.2 Å². The number of halogens is 1. The van der Waals surface area contributed by atoms with E-state index in [1.165, 1.54) is 21.6 Å². The fraction of sp³-hybridized carbons (Fsp3) is 0.476. The number of sulfonamides is 1. The summed E-state index contributed by atoms with van der Waals surface area (Å²) in [5.74, 6) is 0.688. The summed E-state index contributed by atoms with van der Waals surface area (Å²) < 4.78 is 27.1. The number of hydrogen-bond donors (Lipinski definition) is 1. The maximum Gasteiger partial charge on any atom is 0.244 e. The summed E-state index contributed by atoms with van der Waals surface area (Å²) in [6, 6.07) is 9.49. The van der Waals surface area contributed by atoms with E-state index in [4.69, 9.17) is 11.6 Å². The molecule has 0 spiro atoms. The topological polar surface area (TPSA) is 68.8 Å². The molecule has 1 N–H and O–H groups in total. The second-order valence-electron chi connectivity index (χ2n) is 7.92. The van der Waals surface area contributed by atoms with Crippen molar-refractivity contribution in [2.45, 2.75) is 17.9 Å². The van der Waals surface area contributed by atoms with Crippen LogP contribution in [0.15, 0.2) is 41.4 Å². The molecule has 3 heterocycles. The molecule has 0 amide bonds. The van der Waals surface area contributed by atoms with Gasteiger partial charge in [-0.05, 0) is 42.8 Å². The maximum absolute atomic E-state index is 12.8. The predicted molar refractivity (Wildman–Crippen MR) is 119 cm³/mol. The number of piperazine rings is 1. The Labute approximate surface area is 183 Å². The summed E-state index contributed by atoms with van der Waals surface area (Å²) in [5.41, 5.74) is 2.56. The third-order valence-corrected chi connectivity index (χ3v) is 8.09. The van der Waals surface area contributed by atoms with E-state index in [1.807, 2.05) is 19.2 Å². The normalized spacial score (nSPS) is 18.9. The van der Waals surface area contributed by atoms with Crippen molar-refractivity contribution in [2.75, 3.05) is 58.2 Å². The summed E-state index contributed by atoms with van der Waals surface area (Å²) in [7, 11) is -1.47. The lowest BCUT2D eigenvalue weighted by Crippen LogP contribution is -2.47. The molecular weight excluding hydrogens is 422 g/mol. The number of hydrogen-bond acceptors (Lipinski definition) is 6. The number of rotatable bonds is 6. The van der Waals surface area contributed by atoms with Gasteiger partial charge in [0.05, 0.1) is 0 Å². The Morgan fingerprint density at radius 2 is 1.90 bits per heavy atom. The first-order valence-electron chi connectivity index (χ1n) is 10.3. The van der Waals surface area contributed by atoms with E-state index in [0.717, 1.165) is 50.7 Å². The second-order valence-corrected chi connectivity index (χ2v) is 10.3. The Hall–Kier alpha value is -1.71. The molecular formula is C21H28ClN5O2S. The van der Waals surface area contributed by atoms with E-state index in [-0.39, 0.29) is 4.90 Å². The molecule has 0 atom stereocenters. The van der Waals surface area contributed by atoms with Crippen LogP contribution in [0.1, 0.15) is 11.1 Å². The average molecular weight is 450 g/mol. The molecule has 1 fully saturated rings. The Morgan fingerprint density at radius 1 is 1.10 bits per heavy atom. The molecule has 0 unspecified atom stereocenters. The minimum absolute atomic E-state index is 0.252. The van der Waals surface area contributed by atoms with Crippen molar-refractivity contribution < 1.29 is 8.42 Å². The summed E-state index contributed by atoms with van der Waals surface area (Å²) in [5, 5.41) is 4.16. The molecule has 0 bridgehead atoms. The number of fused-ring (bicyclic) bond motifs is 1. The lowest BCUT2D eigenvalue weighted by Gasteiger charge is -2.31. The average Bonchev–Trinajstić information content (AvgIpc) is 2.75. The molecule has 2 aliphatic rings. The Kier molecular flexibility index (Phi) is 6.60. The number of nitrogens with zero attached hydrogens (tertiary/aromatic N) is 4. The number of aromatic nitrogens is 1. The van der Waals surface area contributed by atoms with Gasteiger partial charge in [0.1, 0.15) is 10.7 Å². The van der Waals surface area contributed by atoms with Gasteiger partial charge in [-0.15, -0.1) is 0 Å². The highest BCUT2D eigenvalue weighted by Crippen LogP contribution is 2.25. The van der Waals surface area contributed by atoms with Gasteiger partial charge in [-0.3, -0.25) is 4.90 Å². The van der Waals surface area contributed by atoms with Crippen molar-refractivity contribution >= 4 is 27.4 Å². The van der Waals surface area contributed by atoms with E-state index in [0.29, 0.717) is 18.9 Å². The van der Waals surface area contributed by atoms with E-state index < -0.39 is 10.0 Å². The molecule has 0 saturated carbocycles. The zero-order valence-corrected chi connectivity index (χ0v) is 18.8. The standard InChI is InChI=1S/C21H28ClN5O2S/c1-25-11-13-27(14-12-25)30(28,29)18-5-6-21(24-15-18)23-8-10-26-9-7-19-17(16-26)3-2-4-20(19)22/h2-6,15H,7-14,16H2,1H3,(H,23,24). The Balaban J connectivity index is 1.29. The van der Waals surface area contributed by atoms with Gasteiger partial charge in [-0.25, -0.2) is 13.4 Å². The molecule has 1 saturated heterocycles. The number of benzene rings is 1. The lowest BCUT2D eigenvalue weighted by molar-refractivity contribution is 0.222. The van der Waals surface area contributed by atoms with Crippen LogP contribution in [0.3, 0.4) is 0 Å². The molecule has 0 radical (unpaired) electrons. The van der Waals surface area contributed by atoms with Gasteiger partial charge in [0.15, 0.2) is 0 Å². The summed E-state index contributed by atoms with van der Waals surface area (Å²) >= 11 is 6.29. The molecule has 0 aliphatic carbocycles. The first kappa shape index (κ1) is 21.5. The van der Waals surface area contributed by atoms with Crippen LogP contribution in [0, 0.1) is 0 Å². The van der Waals surface area contributed by atoms with E-state index >= 15 is 0 Å². The van der Waals surface area contributed by atoms with Crippen molar-refractivity contribution in [1.29, 1.82) is 0 Å². The Morgan fingerprint density at radius 3 is 2.63 bits per heavy atom. The fourth-order valence-corrected chi connectivity index (χ4v) is 5.63. The highest BCUT2D eigenvalue weighted by atomic mass is 35.5. The van der Waals surface area contributed by atoms with Crippen LogP contribution in [0.4, 0.5) is 5.82 Å². The van der Waals surface area contributed by atoms with Gasteiger partial charge < -0.3 is 10.2 Å². The van der Waals surface area contributed by atoms with Gasteiger partial charge in [0.25, 0.3) is 0 Å². The highest BCUT2D eigenvalue weighted by molar-refractivity contribution is 7.89. The van der Waals surface area contributed by atoms with Crippen LogP contribution >= 0.6 is 11.6 Å². The van der Waals surface area contributed by atoms with E-state index in [9.17, 15) is 8.42 Å². The molecule has 1 aromatic heterocycles. The molecule has 162 valence electrons. The first-order chi connectivity index (χ1) is 14.4. The van der Waals surface area contributed by atoms with Gasteiger partial charge in [-0.1, -0.05) is 23.7 Å². The quantitative estimate of drug-likeness (QED) is 0.728. The van der Waals surface area contributed by atoms with Gasteiger partial charge in [0.2, 0.25) is 10.0 Å². The molecule has 7 nitrogen and oxygen atoms in total. The number of likely N-dealkylation sites (N-methyl/N-ethyl adjacent to an activating group) is 1. The number of pyridine rings is 1. The minimum Gasteiger partial charge on any atom is -0.369 e. The van der Waals surface area contributed by atoms with Gasteiger partial charge in [-0.2, -0.15) is 4.31 Å².